The van der Waals surface area contributed by atoms with E-state index in [1.54, 1.807) is 18.2 Å². The molecule has 1 aromatic rings. The molecule has 0 aliphatic heterocycles. The summed E-state index contributed by atoms with van der Waals surface area (Å²) in [4.78, 5) is 10.5. The average Bonchev–Trinajstić information content (AvgIpc) is 2.03. The zero-order valence-corrected chi connectivity index (χ0v) is 8.40. The van der Waals surface area contributed by atoms with Gasteiger partial charge in [-0.25, -0.2) is 0 Å². The molecule has 0 bridgehead atoms. The van der Waals surface area contributed by atoms with E-state index in [0.29, 0.717) is 16.5 Å². The van der Waals surface area contributed by atoms with Gasteiger partial charge in [-0.3, -0.25) is 4.79 Å². The molecule has 13 heavy (non-hydrogen) atoms. The van der Waals surface area contributed by atoms with Gasteiger partial charge in [-0.15, -0.1) is 0 Å². The second kappa shape index (κ2) is 4.49. The highest BCUT2D eigenvalue weighted by Crippen LogP contribution is 2.25. The van der Waals surface area contributed by atoms with Crippen molar-refractivity contribution in [3.05, 3.63) is 33.8 Å². The summed E-state index contributed by atoms with van der Waals surface area (Å²) >= 11 is 11.8. The summed E-state index contributed by atoms with van der Waals surface area (Å²) in [5.74, 6) is -0.351. The smallest absolute Gasteiger partial charge is 0.217 e. The van der Waals surface area contributed by atoms with Crippen LogP contribution in [0.15, 0.2) is 18.2 Å². The number of primary amides is 1. The monoisotopic (exact) mass is 217 g/mol. The summed E-state index contributed by atoms with van der Waals surface area (Å²) in [6.45, 7) is 0. The fraction of sp³-hybridized carbons (Fsp3) is 0.222. The molecule has 0 saturated heterocycles. The van der Waals surface area contributed by atoms with Crippen LogP contribution in [0.25, 0.3) is 0 Å². The van der Waals surface area contributed by atoms with Crippen LogP contribution in [0.3, 0.4) is 0 Å². The molecule has 0 aliphatic carbocycles. The molecule has 1 aromatic carbocycles. The molecule has 0 aliphatic rings. The van der Waals surface area contributed by atoms with Crippen molar-refractivity contribution < 1.29 is 4.79 Å². The molecule has 0 unspecified atom stereocenters. The second-order valence-electron chi connectivity index (χ2n) is 2.67. The first-order valence-electron chi connectivity index (χ1n) is 3.82. The molecule has 0 spiro atoms. The molecule has 2 nitrogen and oxygen atoms in total. The molecule has 4 heteroatoms. The number of halogens is 2. The maximum absolute atomic E-state index is 10.5. The number of rotatable bonds is 3. The number of hydrogen-bond donors (Lipinski definition) is 1. The Morgan fingerprint density at radius 2 is 1.85 bits per heavy atom. The van der Waals surface area contributed by atoms with Crippen molar-refractivity contribution >= 4 is 29.1 Å². The Kier molecular flexibility index (Phi) is 3.58. The van der Waals surface area contributed by atoms with E-state index in [4.69, 9.17) is 28.9 Å². The first-order chi connectivity index (χ1) is 6.11. The summed E-state index contributed by atoms with van der Waals surface area (Å²) in [6.07, 6.45) is 0.761. The predicted molar refractivity (Wildman–Crippen MR) is 54.0 cm³/mol. The summed E-state index contributed by atoms with van der Waals surface area (Å²) < 4.78 is 0. The number of carbonyl (C=O) groups excluding carboxylic acids is 1. The van der Waals surface area contributed by atoms with Crippen molar-refractivity contribution in [2.45, 2.75) is 12.8 Å². The highest BCUT2D eigenvalue weighted by Gasteiger charge is 2.06. The summed E-state index contributed by atoms with van der Waals surface area (Å²) in [5, 5.41) is 1.16. The molecule has 0 radical (unpaired) electrons. The molecular weight excluding hydrogens is 209 g/mol. The summed E-state index contributed by atoms with van der Waals surface area (Å²) in [5.41, 5.74) is 5.80. The maximum Gasteiger partial charge on any atom is 0.217 e. The molecule has 0 fully saturated rings. The fourth-order valence-corrected chi connectivity index (χ4v) is 1.61. The molecule has 2 N–H and O–H groups in total. The largest absolute Gasteiger partial charge is 0.370 e. The second-order valence-corrected chi connectivity index (χ2v) is 3.48. The van der Waals surface area contributed by atoms with Gasteiger partial charge in [0.05, 0.1) is 0 Å². The number of benzene rings is 1. The lowest BCUT2D eigenvalue weighted by Crippen LogP contribution is -2.11. The van der Waals surface area contributed by atoms with Gasteiger partial charge in [0, 0.05) is 16.5 Å². The van der Waals surface area contributed by atoms with Crippen LogP contribution in [0.1, 0.15) is 12.0 Å². The van der Waals surface area contributed by atoms with Crippen LogP contribution in [0, 0.1) is 0 Å². The molecule has 70 valence electrons. The number of carbonyl (C=O) groups is 1. The van der Waals surface area contributed by atoms with Crippen molar-refractivity contribution in [3.8, 4) is 0 Å². The summed E-state index contributed by atoms with van der Waals surface area (Å²) in [6, 6.07) is 5.24. The fourth-order valence-electron chi connectivity index (χ4n) is 1.02. The zero-order chi connectivity index (χ0) is 9.84. The van der Waals surface area contributed by atoms with E-state index in [1.165, 1.54) is 0 Å². The van der Waals surface area contributed by atoms with E-state index in [1.807, 2.05) is 0 Å². The van der Waals surface area contributed by atoms with E-state index >= 15 is 0 Å². The number of nitrogens with two attached hydrogens (primary N) is 1. The van der Waals surface area contributed by atoms with Crippen LogP contribution in [0.4, 0.5) is 0 Å². The lowest BCUT2D eigenvalue weighted by molar-refractivity contribution is -0.117. The topological polar surface area (TPSA) is 43.1 Å². The van der Waals surface area contributed by atoms with Crippen molar-refractivity contribution in [2.75, 3.05) is 0 Å². The predicted octanol–water partition coefficient (Wildman–Crippen LogP) is 2.41. The molecular formula is C9H9Cl2NO. The van der Waals surface area contributed by atoms with Gasteiger partial charge >= 0.3 is 0 Å². The highest BCUT2D eigenvalue weighted by molar-refractivity contribution is 6.36. The Hall–Kier alpha value is -0.730. The van der Waals surface area contributed by atoms with Gasteiger partial charge in [-0.2, -0.15) is 0 Å². The number of amides is 1. The van der Waals surface area contributed by atoms with E-state index in [2.05, 4.69) is 0 Å². The Bertz CT molecular complexity index is 305. The van der Waals surface area contributed by atoms with Crippen LogP contribution in [-0.4, -0.2) is 5.91 Å². The minimum Gasteiger partial charge on any atom is -0.370 e. The lowest BCUT2D eigenvalue weighted by atomic mass is 10.1. The highest BCUT2D eigenvalue weighted by atomic mass is 35.5. The standard InChI is InChI=1S/C9H9Cl2NO/c10-7-2-1-3-8(11)6(7)4-5-9(12)13/h1-3H,4-5H2,(H2,12,13). The van der Waals surface area contributed by atoms with Crippen LogP contribution < -0.4 is 5.73 Å². The maximum atomic E-state index is 10.5. The van der Waals surface area contributed by atoms with E-state index in [9.17, 15) is 4.79 Å². The van der Waals surface area contributed by atoms with Crippen molar-refractivity contribution in [2.24, 2.45) is 5.73 Å². The Labute approximate surface area is 86.6 Å². The third kappa shape index (κ3) is 2.90. The first-order valence-corrected chi connectivity index (χ1v) is 4.58. The third-order valence-electron chi connectivity index (χ3n) is 1.68. The van der Waals surface area contributed by atoms with Crippen molar-refractivity contribution in [1.82, 2.24) is 0 Å². The van der Waals surface area contributed by atoms with Gasteiger partial charge < -0.3 is 5.73 Å². The lowest BCUT2D eigenvalue weighted by Gasteiger charge is -2.04. The number of hydrogen-bond acceptors (Lipinski definition) is 1. The van der Waals surface area contributed by atoms with Gasteiger partial charge in [0.2, 0.25) is 5.91 Å². The Morgan fingerprint density at radius 3 is 2.31 bits per heavy atom. The molecule has 0 aromatic heterocycles. The quantitative estimate of drug-likeness (QED) is 0.831. The van der Waals surface area contributed by atoms with Crippen LogP contribution in [0.5, 0.6) is 0 Å². The zero-order valence-electron chi connectivity index (χ0n) is 6.89. The Morgan fingerprint density at radius 1 is 1.31 bits per heavy atom. The molecule has 1 amide bonds. The molecule has 0 heterocycles. The van der Waals surface area contributed by atoms with Crippen LogP contribution in [-0.2, 0) is 11.2 Å². The first kappa shape index (κ1) is 10.4. The SMILES string of the molecule is NC(=O)CCc1c(Cl)cccc1Cl. The molecule has 0 atom stereocenters. The molecule has 1 rings (SSSR count). The van der Waals surface area contributed by atoms with E-state index < -0.39 is 0 Å². The van der Waals surface area contributed by atoms with Gasteiger partial charge in [-0.1, -0.05) is 29.3 Å². The van der Waals surface area contributed by atoms with Gasteiger partial charge in [0.15, 0.2) is 0 Å². The van der Waals surface area contributed by atoms with Gasteiger partial charge in [0.1, 0.15) is 0 Å². The van der Waals surface area contributed by atoms with E-state index in [0.717, 1.165) is 5.56 Å². The van der Waals surface area contributed by atoms with Gasteiger partial charge in [-0.05, 0) is 24.1 Å². The van der Waals surface area contributed by atoms with Crippen molar-refractivity contribution in [3.63, 3.8) is 0 Å². The van der Waals surface area contributed by atoms with E-state index in [-0.39, 0.29) is 12.3 Å². The molecule has 0 saturated carbocycles. The minimum atomic E-state index is -0.351. The average molecular weight is 218 g/mol. The van der Waals surface area contributed by atoms with Crippen LogP contribution in [0.2, 0.25) is 10.0 Å². The normalized spacial score (nSPS) is 10.0. The van der Waals surface area contributed by atoms with Crippen molar-refractivity contribution in [1.29, 1.82) is 0 Å². The van der Waals surface area contributed by atoms with Crippen LogP contribution >= 0.6 is 23.2 Å². The van der Waals surface area contributed by atoms with Gasteiger partial charge in [0.25, 0.3) is 0 Å². The minimum absolute atomic E-state index is 0.267. The third-order valence-corrected chi connectivity index (χ3v) is 2.39. The Balaban J connectivity index is 2.81. The summed E-state index contributed by atoms with van der Waals surface area (Å²) in [7, 11) is 0.